The van der Waals surface area contributed by atoms with Crippen molar-refractivity contribution in [3.8, 4) is 10.7 Å². The molecule has 4 heterocycles. The van der Waals surface area contributed by atoms with Crippen LogP contribution in [0.5, 0.6) is 0 Å². The van der Waals surface area contributed by atoms with Gasteiger partial charge in [-0.15, -0.1) is 11.3 Å². The predicted molar refractivity (Wildman–Crippen MR) is 85.7 cm³/mol. The Hall–Kier alpha value is -1.86. The molecule has 2 saturated heterocycles. The van der Waals surface area contributed by atoms with E-state index in [9.17, 15) is 4.79 Å². The number of thiazole rings is 1. The maximum atomic E-state index is 12.3. The normalized spacial score (nSPS) is 24.5. The number of piperidine rings is 1. The summed E-state index contributed by atoms with van der Waals surface area (Å²) < 4.78 is 5.57. The zero-order valence-corrected chi connectivity index (χ0v) is 13.6. The van der Waals surface area contributed by atoms with Crippen molar-refractivity contribution >= 4 is 17.2 Å². The van der Waals surface area contributed by atoms with Crippen LogP contribution >= 0.6 is 11.3 Å². The van der Waals surface area contributed by atoms with Crippen LogP contribution in [0.3, 0.4) is 0 Å². The molecule has 0 radical (unpaired) electrons. The smallest absolute Gasteiger partial charge is 0.222 e. The Morgan fingerprint density at radius 3 is 3.09 bits per heavy atom. The molecule has 0 N–H and O–H groups in total. The Labute approximate surface area is 138 Å². The standard InChI is InChI=1S/C16H18N4O2S/c21-14-1-2-16(3-6-22-11-16)10-20(14)8-12-9-23-15(19-12)13-7-17-4-5-18-13/h4-5,7,9H,1-3,6,8,10-11H2/t16-/m1/s1. The molecule has 2 aromatic rings. The average molecular weight is 330 g/mol. The number of aromatic nitrogens is 3. The maximum absolute atomic E-state index is 12.3. The van der Waals surface area contributed by atoms with Crippen LogP contribution in [-0.2, 0) is 16.1 Å². The highest BCUT2D eigenvalue weighted by atomic mass is 32.1. The summed E-state index contributed by atoms with van der Waals surface area (Å²) in [6, 6.07) is 0. The second kappa shape index (κ2) is 5.98. The van der Waals surface area contributed by atoms with Crippen molar-refractivity contribution in [2.75, 3.05) is 19.8 Å². The molecule has 0 saturated carbocycles. The van der Waals surface area contributed by atoms with Crippen LogP contribution in [-0.4, -0.2) is 45.5 Å². The third-order valence-electron chi connectivity index (χ3n) is 4.62. The van der Waals surface area contributed by atoms with Crippen molar-refractivity contribution in [2.24, 2.45) is 5.41 Å². The molecule has 1 atom stereocenters. The van der Waals surface area contributed by atoms with Gasteiger partial charge in [0.2, 0.25) is 5.91 Å². The lowest BCUT2D eigenvalue weighted by molar-refractivity contribution is -0.138. The minimum absolute atomic E-state index is 0.164. The quantitative estimate of drug-likeness (QED) is 0.862. The van der Waals surface area contributed by atoms with Gasteiger partial charge in [0, 0.05) is 42.8 Å². The summed E-state index contributed by atoms with van der Waals surface area (Å²) in [6.07, 6.45) is 7.63. The summed E-state index contributed by atoms with van der Waals surface area (Å²) in [5, 5.41) is 2.85. The molecule has 2 aliphatic rings. The lowest BCUT2D eigenvalue weighted by Gasteiger charge is -2.38. The molecule has 120 valence electrons. The number of carbonyl (C=O) groups excluding carboxylic acids is 1. The SMILES string of the molecule is O=C1CC[C@@]2(CCOC2)CN1Cc1csc(-c2cnccn2)n1. The number of amides is 1. The van der Waals surface area contributed by atoms with E-state index in [1.54, 1.807) is 18.6 Å². The molecule has 7 heteroatoms. The molecule has 4 rings (SSSR count). The van der Waals surface area contributed by atoms with E-state index in [1.165, 1.54) is 11.3 Å². The monoisotopic (exact) mass is 330 g/mol. The van der Waals surface area contributed by atoms with Gasteiger partial charge in [-0.3, -0.25) is 14.8 Å². The van der Waals surface area contributed by atoms with Crippen LogP contribution in [0.1, 0.15) is 25.0 Å². The van der Waals surface area contributed by atoms with E-state index in [1.807, 2.05) is 10.3 Å². The first-order valence-electron chi connectivity index (χ1n) is 7.80. The van der Waals surface area contributed by atoms with E-state index in [4.69, 9.17) is 4.74 Å². The van der Waals surface area contributed by atoms with E-state index in [-0.39, 0.29) is 11.3 Å². The number of rotatable bonds is 3. The molecule has 23 heavy (non-hydrogen) atoms. The Morgan fingerprint density at radius 1 is 1.35 bits per heavy atom. The summed E-state index contributed by atoms with van der Waals surface area (Å²) in [5.74, 6) is 0.219. The minimum Gasteiger partial charge on any atom is -0.381 e. The molecule has 2 aliphatic heterocycles. The van der Waals surface area contributed by atoms with E-state index in [0.717, 1.165) is 49.0 Å². The first-order chi connectivity index (χ1) is 11.2. The van der Waals surface area contributed by atoms with Gasteiger partial charge in [-0.2, -0.15) is 0 Å². The Kier molecular flexibility index (Phi) is 3.82. The number of nitrogens with zero attached hydrogens (tertiary/aromatic N) is 4. The second-order valence-electron chi connectivity index (χ2n) is 6.29. The number of ether oxygens (including phenoxy) is 1. The van der Waals surface area contributed by atoms with Crippen molar-refractivity contribution in [3.05, 3.63) is 29.7 Å². The van der Waals surface area contributed by atoms with Crippen LogP contribution in [0.4, 0.5) is 0 Å². The molecule has 0 aromatic carbocycles. The highest BCUT2D eigenvalue weighted by Crippen LogP contribution is 2.38. The van der Waals surface area contributed by atoms with Gasteiger partial charge in [-0.25, -0.2) is 4.98 Å². The van der Waals surface area contributed by atoms with Gasteiger partial charge in [0.05, 0.1) is 25.0 Å². The molecule has 1 spiro atoms. The lowest BCUT2D eigenvalue weighted by atomic mass is 9.79. The Balaban J connectivity index is 1.49. The third-order valence-corrected chi connectivity index (χ3v) is 5.53. The zero-order chi connectivity index (χ0) is 15.7. The largest absolute Gasteiger partial charge is 0.381 e. The van der Waals surface area contributed by atoms with Gasteiger partial charge < -0.3 is 9.64 Å². The van der Waals surface area contributed by atoms with Gasteiger partial charge in [-0.05, 0) is 12.8 Å². The fourth-order valence-corrected chi connectivity index (χ4v) is 4.09. The van der Waals surface area contributed by atoms with Gasteiger partial charge in [-0.1, -0.05) is 0 Å². The third kappa shape index (κ3) is 2.98. The Bertz CT molecular complexity index is 697. The summed E-state index contributed by atoms with van der Waals surface area (Å²) in [5.41, 5.74) is 1.85. The van der Waals surface area contributed by atoms with E-state index in [2.05, 4.69) is 15.0 Å². The van der Waals surface area contributed by atoms with Crippen molar-refractivity contribution < 1.29 is 9.53 Å². The van der Waals surface area contributed by atoms with Crippen molar-refractivity contribution in [1.82, 2.24) is 19.9 Å². The molecule has 1 amide bonds. The summed E-state index contributed by atoms with van der Waals surface area (Å²) in [4.78, 5) is 27.1. The molecular weight excluding hydrogens is 312 g/mol. The van der Waals surface area contributed by atoms with Crippen molar-refractivity contribution in [2.45, 2.75) is 25.8 Å². The minimum atomic E-state index is 0.164. The average Bonchev–Trinajstić information content (AvgIpc) is 3.22. The highest BCUT2D eigenvalue weighted by molar-refractivity contribution is 7.13. The summed E-state index contributed by atoms with van der Waals surface area (Å²) in [7, 11) is 0. The van der Waals surface area contributed by atoms with E-state index < -0.39 is 0 Å². The first-order valence-corrected chi connectivity index (χ1v) is 8.68. The van der Waals surface area contributed by atoms with Gasteiger partial charge in [0.25, 0.3) is 0 Å². The number of hydrogen-bond donors (Lipinski definition) is 0. The van der Waals surface area contributed by atoms with Crippen LogP contribution in [0, 0.1) is 5.41 Å². The number of hydrogen-bond acceptors (Lipinski definition) is 6. The summed E-state index contributed by atoms with van der Waals surface area (Å²) >= 11 is 1.54. The van der Waals surface area contributed by atoms with Gasteiger partial charge in [0.15, 0.2) is 0 Å². The zero-order valence-electron chi connectivity index (χ0n) is 12.8. The molecule has 2 fully saturated rings. The van der Waals surface area contributed by atoms with E-state index >= 15 is 0 Å². The topological polar surface area (TPSA) is 68.2 Å². The van der Waals surface area contributed by atoms with Gasteiger partial charge >= 0.3 is 0 Å². The van der Waals surface area contributed by atoms with Crippen LogP contribution in [0.25, 0.3) is 10.7 Å². The molecule has 0 bridgehead atoms. The lowest BCUT2D eigenvalue weighted by Crippen LogP contribution is -2.46. The van der Waals surface area contributed by atoms with Crippen molar-refractivity contribution in [1.29, 1.82) is 0 Å². The molecule has 0 unspecified atom stereocenters. The fraction of sp³-hybridized carbons (Fsp3) is 0.500. The maximum Gasteiger partial charge on any atom is 0.222 e. The molecular formula is C16H18N4O2S. The van der Waals surface area contributed by atoms with E-state index in [0.29, 0.717) is 13.0 Å². The predicted octanol–water partition coefficient (Wildman–Crippen LogP) is 2.13. The Morgan fingerprint density at radius 2 is 2.30 bits per heavy atom. The van der Waals surface area contributed by atoms with Crippen LogP contribution < -0.4 is 0 Å². The number of carbonyl (C=O) groups is 1. The van der Waals surface area contributed by atoms with Crippen LogP contribution in [0.2, 0.25) is 0 Å². The molecule has 6 nitrogen and oxygen atoms in total. The summed E-state index contributed by atoms with van der Waals surface area (Å²) in [6.45, 7) is 2.94. The first kappa shape index (κ1) is 14.7. The highest BCUT2D eigenvalue weighted by Gasteiger charge is 2.41. The fourth-order valence-electron chi connectivity index (χ4n) is 3.32. The van der Waals surface area contributed by atoms with Gasteiger partial charge in [0.1, 0.15) is 10.7 Å². The number of likely N-dealkylation sites (tertiary alicyclic amines) is 1. The molecule has 2 aromatic heterocycles. The second-order valence-corrected chi connectivity index (χ2v) is 7.15. The van der Waals surface area contributed by atoms with Crippen LogP contribution in [0.15, 0.2) is 24.0 Å². The molecule has 0 aliphatic carbocycles. The van der Waals surface area contributed by atoms with Crippen molar-refractivity contribution in [3.63, 3.8) is 0 Å².